The predicted octanol–water partition coefficient (Wildman–Crippen LogP) is 2.80. The SMILES string of the molecule is COc1ncc(C2(O)[C@H]3CCC[C@H]2CN(Cc2ccccc2-n2cccn2)C3)c(OC)n1. The zero-order chi connectivity index (χ0) is 22.1. The molecule has 5 rings (SSSR count). The molecule has 8 nitrogen and oxygen atoms in total. The van der Waals surface area contributed by atoms with E-state index in [0.29, 0.717) is 11.4 Å². The topological polar surface area (TPSA) is 85.5 Å². The number of hydrogen-bond acceptors (Lipinski definition) is 7. The van der Waals surface area contributed by atoms with E-state index in [0.717, 1.165) is 44.6 Å². The minimum atomic E-state index is -1.01. The third-order valence-corrected chi connectivity index (χ3v) is 6.98. The molecule has 0 unspecified atom stereocenters. The van der Waals surface area contributed by atoms with E-state index in [1.165, 1.54) is 12.7 Å². The molecule has 0 radical (unpaired) electrons. The van der Waals surface area contributed by atoms with Crippen LogP contribution in [0.4, 0.5) is 0 Å². The quantitative estimate of drug-likeness (QED) is 0.637. The van der Waals surface area contributed by atoms with Gasteiger partial charge in [-0.3, -0.25) is 4.90 Å². The first-order valence-corrected chi connectivity index (χ1v) is 11.1. The fourth-order valence-corrected chi connectivity index (χ4v) is 5.51. The van der Waals surface area contributed by atoms with Gasteiger partial charge >= 0.3 is 6.01 Å². The normalized spacial score (nSPS) is 25.5. The lowest BCUT2D eigenvalue weighted by Gasteiger charge is -2.53. The lowest BCUT2D eigenvalue weighted by Crippen LogP contribution is -2.58. The number of aromatic nitrogens is 4. The van der Waals surface area contributed by atoms with Gasteiger partial charge in [-0.1, -0.05) is 24.6 Å². The Balaban J connectivity index is 1.43. The van der Waals surface area contributed by atoms with Gasteiger partial charge < -0.3 is 14.6 Å². The van der Waals surface area contributed by atoms with Gasteiger partial charge in [-0.15, -0.1) is 0 Å². The Labute approximate surface area is 187 Å². The zero-order valence-electron chi connectivity index (χ0n) is 18.5. The zero-order valence-corrected chi connectivity index (χ0v) is 18.5. The van der Waals surface area contributed by atoms with Crippen LogP contribution >= 0.6 is 0 Å². The molecule has 0 spiro atoms. The van der Waals surface area contributed by atoms with Gasteiger partial charge in [0.1, 0.15) is 5.60 Å². The molecule has 168 valence electrons. The van der Waals surface area contributed by atoms with Crippen LogP contribution < -0.4 is 9.47 Å². The number of fused-ring (bicyclic) bond motifs is 2. The van der Waals surface area contributed by atoms with Crippen molar-refractivity contribution in [2.45, 2.75) is 31.4 Å². The molecule has 1 N–H and O–H groups in total. The van der Waals surface area contributed by atoms with E-state index < -0.39 is 5.60 Å². The highest BCUT2D eigenvalue weighted by Crippen LogP contribution is 2.51. The fraction of sp³-hybridized carbons (Fsp3) is 0.458. The second kappa shape index (κ2) is 8.52. The molecule has 2 atom stereocenters. The van der Waals surface area contributed by atoms with Crippen molar-refractivity contribution in [3.05, 3.63) is 60.0 Å². The van der Waals surface area contributed by atoms with Crippen molar-refractivity contribution < 1.29 is 14.6 Å². The summed E-state index contributed by atoms with van der Waals surface area (Å²) in [6, 6.07) is 10.6. The molecule has 0 amide bonds. The van der Waals surface area contributed by atoms with Gasteiger partial charge in [-0.2, -0.15) is 10.1 Å². The minimum absolute atomic E-state index is 0.0813. The number of hydrogen-bond donors (Lipinski definition) is 1. The first-order chi connectivity index (χ1) is 15.6. The van der Waals surface area contributed by atoms with Crippen LogP contribution in [0.2, 0.25) is 0 Å². The molecule has 2 fully saturated rings. The molecular weight excluding hydrogens is 406 g/mol. The summed E-state index contributed by atoms with van der Waals surface area (Å²) in [7, 11) is 3.10. The predicted molar refractivity (Wildman–Crippen MR) is 119 cm³/mol. The van der Waals surface area contributed by atoms with Crippen molar-refractivity contribution >= 4 is 0 Å². The number of nitrogens with zero attached hydrogens (tertiary/aromatic N) is 5. The molecule has 1 aliphatic heterocycles. The minimum Gasteiger partial charge on any atom is -0.481 e. The molecule has 1 saturated heterocycles. The molecule has 1 aromatic carbocycles. The lowest BCUT2D eigenvalue weighted by molar-refractivity contribution is -0.149. The van der Waals surface area contributed by atoms with Crippen LogP contribution in [0.15, 0.2) is 48.9 Å². The Kier molecular flexibility index (Phi) is 5.57. The van der Waals surface area contributed by atoms with E-state index in [4.69, 9.17) is 9.47 Å². The first-order valence-electron chi connectivity index (χ1n) is 11.1. The molecule has 1 saturated carbocycles. The number of aliphatic hydroxyl groups is 1. The molecule has 32 heavy (non-hydrogen) atoms. The summed E-state index contributed by atoms with van der Waals surface area (Å²) in [5, 5.41) is 16.5. The molecule has 1 aliphatic carbocycles. The number of ether oxygens (including phenoxy) is 2. The van der Waals surface area contributed by atoms with Gasteiger partial charge in [0.05, 0.1) is 25.5 Å². The van der Waals surface area contributed by atoms with Crippen LogP contribution in [0, 0.1) is 11.8 Å². The van der Waals surface area contributed by atoms with Crippen LogP contribution in [0.5, 0.6) is 11.9 Å². The standard InChI is InChI=1S/C24H29N5O3/c1-31-22-20(13-25-23(27-22)32-2)24(30)18-8-5-9-19(24)16-28(15-18)14-17-7-3-4-10-21(17)29-12-6-11-26-29/h3-4,6-7,10-13,18-19,30H,5,8-9,14-16H2,1-2H3/t18-,19-/m0/s1. The van der Waals surface area contributed by atoms with E-state index in [9.17, 15) is 5.11 Å². The summed E-state index contributed by atoms with van der Waals surface area (Å²) in [6.07, 6.45) is 8.48. The van der Waals surface area contributed by atoms with Gasteiger partial charge in [0, 0.05) is 50.1 Å². The number of likely N-dealkylation sites (tertiary alicyclic amines) is 1. The van der Waals surface area contributed by atoms with Crippen LogP contribution in [0.25, 0.3) is 5.69 Å². The van der Waals surface area contributed by atoms with Gasteiger partial charge in [0.2, 0.25) is 5.88 Å². The van der Waals surface area contributed by atoms with Gasteiger partial charge in [-0.25, -0.2) is 9.67 Å². The molecule has 8 heteroatoms. The highest BCUT2D eigenvalue weighted by atomic mass is 16.5. The lowest BCUT2D eigenvalue weighted by atomic mass is 9.63. The van der Waals surface area contributed by atoms with Gasteiger partial charge in [-0.05, 0) is 30.5 Å². The van der Waals surface area contributed by atoms with E-state index >= 15 is 0 Å². The number of methoxy groups -OCH3 is 2. The van der Waals surface area contributed by atoms with E-state index in [1.54, 1.807) is 19.5 Å². The number of piperidine rings is 1. The Morgan fingerprint density at radius 1 is 1.09 bits per heavy atom. The van der Waals surface area contributed by atoms with Gasteiger partial charge in [0.15, 0.2) is 0 Å². The van der Waals surface area contributed by atoms with Gasteiger partial charge in [0.25, 0.3) is 0 Å². The molecule has 3 aromatic rings. The Hall–Kier alpha value is -2.97. The number of para-hydroxylation sites is 1. The summed E-state index contributed by atoms with van der Waals surface area (Å²) < 4.78 is 12.6. The Bertz CT molecular complexity index is 1060. The number of rotatable bonds is 6. The molecule has 2 aliphatic rings. The van der Waals surface area contributed by atoms with Crippen LogP contribution in [0.1, 0.15) is 30.4 Å². The average Bonchev–Trinajstić information content (AvgIpc) is 3.34. The average molecular weight is 436 g/mol. The summed E-state index contributed by atoms with van der Waals surface area (Å²) in [5.41, 5.74) is 1.99. The van der Waals surface area contributed by atoms with E-state index in [1.807, 2.05) is 23.0 Å². The maximum Gasteiger partial charge on any atom is 0.319 e. The van der Waals surface area contributed by atoms with Crippen LogP contribution in [-0.4, -0.2) is 57.1 Å². The summed E-state index contributed by atoms with van der Waals surface area (Å²) in [4.78, 5) is 11.1. The highest BCUT2D eigenvalue weighted by molar-refractivity contribution is 5.40. The van der Waals surface area contributed by atoms with Crippen molar-refractivity contribution in [1.82, 2.24) is 24.6 Å². The van der Waals surface area contributed by atoms with Crippen molar-refractivity contribution in [1.29, 1.82) is 0 Å². The third-order valence-electron chi connectivity index (χ3n) is 6.98. The second-order valence-electron chi connectivity index (χ2n) is 8.70. The van der Waals surface area contributed by atoms with Crippen molar-refractivity contribution in [2.24, 2.45) is 11.8 Å². The maximum atomic E-state index is 12.0. The van der Waals surface area contributed by atoms with E-state index in [2.05, 4.69) is 38.2 Å². The van der Waals surface area contributed by atoms with Crippen LogP contribution in [-0.2, 0) is 12.1 Å². The van der Waals surface area contributed by atoms with Crippen molar-refractivity contribution in [3.8, 4) is 17.6 Å². The molecule has 3 heterocycles. The van der Waals surface area contributed by atoms with Crippen molar-refractivity contribution in [3.63, 3.8) is 0 Å². The fourth-order valence-electron chi connectivity index (χ4n) is 5.51. The van der Waals surface area contributed by atoms with E-state index in [-0.39, 0.29) is 17.8 Å². The summed E-state index contributed by atoms with van der Waals surface area (Å²) >= 11 is 0. The molecular formula is C24H29N5O3. The molecule has 2 bridgehead atoms. The van der Waals surface area contributed by atoms with Crippen LogP contribution in [0.3, 0.4) is 0 Å². The van der Waals surface area contributed by atoms with Crippen molar-refractivity contribution in [2.75, 3.05) is 27.3 Å². The maximum absolute atomic E-state index is 12.0. The third kappa shape index (κ3) is 3.53. The summed E-state index contributed by atoms with van der Waals surface area (Å²) in [6.45, 7) is 2.42. The number of benzene rings is 1. The second-order valence-corrected chi connectivity index (χ2v) is 8.70. The smallest absolute Gasteiger partial charge is 0.319 e. The molecule has 2 aromatic heterocycles. The Morgan fingerprint density at radius 2 is 1.88 bits per heavy atom. The summed E-state index contributed by atoms with van der Waals surface area (Å²) in [5.74, 6) is 0.559. The highest BCUT2D eigenvalue weighted by Gasteiger charge is 2.53. The first kappa shape index (κ1) is 20.9. The Morgan fingerprint density at radius 3 is 2.56 bits per heavy atom. The monoisotopic (exact) mass is 435 g/mol. The largest absolute Gasteiger partial charge is 0.481 e.